The fourth-order valence-electron chi connectivity index (χ4n) is 1.13. The summed E-state index contributed by atoms with van der Waals surface area (Å²) in [5.74, 6) is -0.513. The van der Waals surface area contributed by atoms with Gasteiger partial charge >= 0.3 is 0 Å². The molecule has 1 atom stereocenters. The van der Waals surface area contributed by atoms with E-state index in [-0.39, 0.29) is 23.3 Å². The van der Waals surface area contributed by atoms with Crippen LogP contribution in [0.4, 0.5) is 0 Å². The number of hydrogen-bond acceptors (Lipinski definition) is 3. The van der Waals surface area contributed by atoms with Crippen LogP contribution in [0.3, 0.4) is 0 Å². The molecule has 0 heterocycles. The molecule has 5 nitrogen and oxygen atoms in total. The average Bonchev–Trinajstić information content (AvgIpc) is 2.31. The standard InChI is InChI=1S/C11H21N3O2S/c1-4-6-13-8(15)7-14-10(16)11(3,5-2)9(12)17/h4-7H2,1-3H3,(H2,12,17)(H,13,15)(H,14,16). The zero-order valence-electron chi connectivity index (χ0n) is 10.6. The van der Waals surface area contributed by atoms with Crippen LogP contribution in [0, 0.1) is 5.41 Å². The summed E-state index contributed by atoms with van der Waals surface area (Å²) in [7, 11) is 0. The summed E-state index contributed by atoms with van der Waals surface area (Å²) in [6, 6.07) is 0. The van der Waals surface area contributed by atoms with E-state index in [1.807, 2.05) is 13.8 Å². The Bertz CT molecular complexity index is 307. The highest BCUT2D eigenvalue weighted by Gasteiger charge is 2.34. The van der Waals surface area contributed by atoms with E-state index in [0.29, 0.717) is 13.0 Å². The highest BCUT2D eigenvalue weighted by molar-refractivity contribution is 7.80. The first-order chi connectivity index (χ1) is 7.88. The molecule has 0 aliphatic rings. The van der Waals surface area contributed by atoms with Crippen molar-refractivity contribution in [1.29, 1.82) is 0 Å². The predicted molar refractivity (Wildman–Crippen MR) is 71.5 cm³/mol. The average molecular weight is 259 g/mol. The Hall–Kier alpha value is -1.17. The molecule has 0 fully saturated rings. The van der Waals surface area contributed by atoms with E-state index >= 15 is 0 Å². The minimum atomic E-state index is -0.889. The van der Waals surface area contributed by atoms with Gasteiger partial charge in [-0.05, 0) is 19.8 Å². The number of nitrogens with two attached hydrogens (primary N) is 1. The van der Waals surface area contributed by atoms with Crippen molar-refractivity contribution in [2.75, 3.05) is 13.1 Å². The summed E-state index contributed by atoms with van der Waals surface area (Å²) < 4.78 is 0. The molecular formula is C11H21N3O2S. The highest BCUT2D eigenvalue weighted by Crippen LogP contribution is 2.21. The normalized spacial score (nSPS) is 13.6. The topological polar surface area (TPSA) is 84.2 Å². The Morgan fingerprint density at radius 2 is 1.88 bits per heavy atom. The minimum absolute atomic E-state index is 0.0446. The number of amides is 2. The van der Waals surface area contributed by atoms with Crippen molar-refractivity contribution >= 4 is 29.0 Å². The molecule has 0 saturated carbocycles. The van der Waals surface area contributed by atoms with E-state index in [0.717, 1.165) is 6.42 Å². The van der Waals surface area contributed by atoms with Crippen molar-refractivity contribution in [3.8, 4) is 0 Å². The van der Waals surface area contributed by atoms with Crippen molar-refractivity contribution in [2.24, 2.45) is 11.1 Å². The van der Waals surface area contributed by atoms with E-state index in [4.69, 9.17) is 18.0 Å². The van der Waals surface area contributed by atoms with Crippen LogP contribution in [0.2, 0.25) is 0 Å². The van der Waals surface area contributed by atoms with Crippen LogP contribution >= 0.6 is 12.2 Å². The first-order valence-corrected chi connectivity index (χ1v) is 6.14. The third-order valence-corrected chi connectivity index (χ3v) is 3.18. The molecule has 0 aromatic heterocycles. The fourth-order valence-corrected chi connectivity index (χ4v) is 1.37. The van der Waals surface area contributed by atoms with Crippen LogP contribution in [0.25, 0.3) is 0 Å². The lowest BCUT2D eigenvalue weighted by Crippen LogP contribution is -2.49. The van der Waals surface area contributed by atoms with Gasteiger partial charge in [-0.2, -0.15) is 0 Å². The maximum Gasteiger partial charge on any atom is 0.239 e. The number of hydrogen-bond donors (Lipinski definition) is 3. The van der Waals surface area contributed by atoms with Gasteiger partial charge in [0.15, 0.2) is 0 Å². The lowest BCUT2D eigenvalue weighted by molar-refractivity contribution is -0.130. The number of rotatable bonds is 7. The Morgan fingerprint density at radius 1 is 1.29 bits per heavy atom. The van der Waals surface area contributed by atoms with Crippen molar-refractivity contribution in [1.82, 2.24) is 10.6 Å². The SMILES string of the molecule is CCCNC(=O)CNC(=O)C(C)(CC)C(N)=S. The van der Waals surface area contributed by atoms with Crippen molar-refractivity contribution in [3.63, 3.8) is 0 Å². The quantitative estimate of drug-likeness (QED) is 0.575. The molecule has 1 unspecified atom stereocenters. The van der Waals surface area contributed by atoms with Crippen LogP contribution in [0.1, 0.15) is 33.6 Å². The van der Waals surface area contributed by atoms with Crippen molar-refractivity contribution in [3.05, 3.63) is 0 Å². The summed E-state index contributed by atoms with van der Waals surface area (Å²) in [5, 5.41) is 5.21. The first-order valence-electron chi connectivity index (χ1n) is 5.73. The van der Waals surface area contributed by atoms with Gasteiger partial charge in [0.1, 0.15) is 0 Å². The van der Waals surface area contributed by atoms with E-state index < -0.39 is 5.41 Å². The molecule has 0 saturated heterocycles. The zero-order chi connectivity index (χ0) is 13.5. The largest absolute Gasteiger partial charge is 0.392 e. The third kappa shape index (κ3) is 4.68. The van der Waals surface area contributed by atoms with E-state index in [1.54, 1.807) is 6.92 Å². The van der Waals surface area contributed by atoms with Crippen LogP contribution in [0.5, 0.6) is 0 Å². The van der Waals surface area contributed by atoms with Gasteiger partial charge in [-0.25, -0.2) is 0 Å². The summed E-state index contributed by atoms with van der Waals surface area (Å²) in [5.41, 5.74) is 4.65. The second-order valence-corrected chi connectivity index (χ2v) is 4.52. The van der Waals surface area contributed by atoms with Crippen LogP contribution in [0.15, 0.2) is 0 Å². The van der Waals surface area contributed by atoms with Gasteiger partial charge in [-0.15, -0.1) is 0 Å². The maximum atomic E-state index is 11.9. The maximum absolute atomic E-state index is 11.9. The van der Waals surface area contributed by atoms with E-state index in [2.05, 4.69) is 10.6 Å². The van der Waals surface area contributed by atoms with E-state index in [1.165, 1.54) is 0 Å². The molecule has 0 aromatic rings. The van der Waals surface area contributed by atoms with Gasteiger partial charge in [-0.1, -0.05) is 26.1 Å². The highest BCUT2D eigenvalue weighted by atomic mass is 32.1. The number of carbonyl (C=O) groups excluding carboxylic acids is 2. The molecule has 2 amide bonds. The van der Waals surface area contributed by atoms with Gasteiger partial charge in [0.25, 0.3) is 0 Å². The lowest BCUT2D eigenvalue weighted by atomic mass is 9.86. The van der Waals surface area contributed by atoms with Crippen molar-refractivity contribution < 1.29 is 9.59 Å². The van der Waals surface area contributed by atoms with Crippen LogP contribution in [-0.2, 0) is 9.59 Å². The molecule has 0 spiro atoms. The molecule has 0 bridgehead atoms. The Balaban J connectivity index is 4.26. The monoisotopic (exact) mass is 259 g/mol. The Kier molecular flexibility index (Phi) is 6.72. The Labute approximate surface area is 108 Å². The summed E-state index contributed by atoms with van der Waals surface area (Å²) in [6.07, 6.45) is 1.37. The second-order valence-electron chi connectivity index (χ2n) is 4.08. The Morgan fingerprint density at radius 3 is 2.29 bits per heavy atom. The molecule has 17 heavy (non-hydrogen) atoms. The van der Waals surface area contributed by atoms with Gasteiger partial charge in [0, 0.05) is 6.54 Å². The molecule has 0 aromatic carbocycles. The number of nitrogens with one attached hydrogen (secondary N) is 2. The molecule has 6 heteroatoms. The molecular weight excluding hydrogens is 238 g/mol. The van der Waals surface area contributed by atoms with Gasteiger partial charge in [0.2, 0.25) is 11.8 Å². The summed E-state index contributed by atoms with van der Waals surface area (Å²) in [6.45, 7) is 6.02. The zero-order valence-corrected chi connectivity index (χ0v) is 11.4. The molecule has 0 aliphatic carbocycles. The lowest BCUT2D eigenvalue weighted by Gasteiger charge is -2.25. The van der Waals surface area contributed by atoms with Crippen molar-refractivity contribution in [2.45, 2.75) is 33.6 Å². The number of carbonyl (C=O) groups is 2. The van der Waals surface area contributed by atoms with Gasteiger partial charge in [-0.3, -0.25) is 9.59 Å². The minimum Gasteiger partial charge on any atom is -0.392 e. The smallest absolute Gasteiger partial charge is 0.239 e. The molecule has 0 aliphatic heterocycles. The third-order valence-electron chi connectivity index (χ3n) is 2.73. The molecule has 4 N–H and O–H groups in total. The second kappa shape index (κ2) is 7.21. The van der Waals surface area contributed by atoms with Gasteiger partial charge in [0.05, 0.1) is 16.9 Å². The molecule has 0 rings (SSSR count). The summed E-state index contributed by atoms with van der Waals surface area (Å²) >= 11 is 4.87. The number of thiocarbonyl (C=S) groups is 1. The van der Waals surface area contributed by atoms with Crippen LogP contribution in [-0.4, -0.2) is 29.9 Å². The molecule has 0 radical (unpaired) electrons. The first kappa shape index (κ1) is 15.8. The summed E-state index contributed by atoms with van der Waals surface area (Å²) in [4.78, 5) is 23.3. The van der Waals surface area contributed by atoms with E-state index in [9.17, 15) is 9.59 Å². The van der Waals surface area contributed by atoms with Gasteiger partial charge < -0.3 is 16.4 Å². The van der Waals surface area contributed by atoms with Crippen LogP contribution < -0.4 is 16.4 Å². The molecule has 98 valence electrons. The fraction of sp³-hybridized carbons (Fsp3) is 0.727. The predicted octanol–water partition coefficient (Wildman–Crippen LogP) is 0.331.